The molecule has 1 amide bonds. The number of carbonyl (C=O) groups is 1. The molecule has 0 bridgehead atoms. The second-order valence-electron chi connectivity index (χ2n) is 5.93. The van der Waals surface area contributed by atoms with E-state index in [4.69, 9.17) is 4.74 Å². The molecule has 0 spiro atoms. The third-order valence-electron chi connectivity index (χ3n) is 4.03. The second-order valence-corrected chi connectivity index (χ2v) is 5.93. The minimum atomic E-state index is 0. The van der Waals surface area contributed by atoms with Crippen LogP contribution in [0.5, 0.6) is 5.75 Å². The van der Waals surface area contributed by atoms with Crippen molar-refractivity contribution >= 4 is 18.3 Å². The van der Waals surface area contributed by atoms with E-state index in [1.54, 1.807) is 0 Å². The van der Waals surface area contributed by atoms with E-state index < -0.39 is 0 Å². The lowest BCUT2D eigenvalue weighted by molar-refractivity contribution is -0.122. The maximum atomic E-state index is 12.0. The Labute approximate surface area is 139 Å². The van der Waals surface area contributed by atoms with Crippen LogP contribution < -0.4 is 15.4 Å². The minimum absolute atomic E-state index is 0. The van der Waals surface area contributed by atoms with Crippen molar-refractivity contribution in [3.8, 4) is 5.75 Å². The second kappa shape index (κ2) is 9.01. The largest absolute Gasteiger partial charge is 0.493 e. The molecule has 2 unspecified atom stereocenters. The van der Waals surface area contributed by atoms with Gasteiger partial charge in [0.05, 0.1) is 13.0 Å². The van der Waals surface area contributed by atoms with Gasteiger partial charge in [-0.05, 0) is 51.8 Å². The first-order chi connectivity index (χ1) is 10.1. The minimum Gasteiger partial charge on any atom is -0.493 e. The van der Waals surface area contributed by atoms with Gasteiger partial charge in [-0.25, -0.2) is 0 Å². The van der Waals surface area contributed by atoms with Crippen LogP contribution in [0.4, 0.5) is 0 Å². The number of nitrogens with one attached hydrogen (secondary N) is 2. The normalized spacial score (nSPS) is 20.9. The Hall–Kier alpha value is -1.26. The van der Waals surface area contributed by atoms with Crippen molar-refractivity contribution in [1.29, 1.82) is 0 Å². The molecule has 1 fully saturated rings. The van der Waals surface area contributed by atoms with Crippen LogP contribution in [0.25, 0.3) is 0 Å². The molecule has 0 aromatic heterocycles. The zero-order valence-electron chi connectivity index (χ0n) is 13.6. The Balaban J connectivity index is 0.00000242. The topological polar surface area (TPSA) is 50.4 Å². The Bertz CT molecular complexity index is 494. The molecule has 22 heavy (non-hydrogen) atoms. The van der Waals surface area contributed by atoms with Crippen LogP contribution >= 0.6 is 12.4 Å². The van der Waals surface area contributed by atoms with E-state index in [0.717, 1.165) is 30.7 Å². The van der Waals surface area contributed by atoms with Gasteiger partial charge < -0.3 is 15.4 Å². The van der Waals surface area contributed by atoms with E-state index in [9.17, 15) is 4.79 Å². The highest BCUT2D eigenvalue weighted by Crippen LogP contribution is 2.18. The Morgan fingerprint density at radius 1 is 1.41 bits per heavy atom. The smallest absolute Gasteiger partial charge is 0.223 e. The van der Waals surface area contributed by atoms with Gasteiger partial charge in [0.15, 0.2) is 0 Å². The number of piperidine rings is 1. The maximum absolute atomic E-state index is 12.0. The molecule has 5 heteroatoms. The van der Waals surface area contributed by atoms with E-state index in [2.05, 4.69) is 30.5 Å². The average Bonchev–Trinajstić information content (AvgIpc) is 2.44. The van der Waals surface area contributed by atoms with Gasteiger partial charge in [-0.2, -0.15) is 0 Å². The molecule has 0 radical (unpaired) electrons. The van der Waals surface area contributed by atoms with Gasteiger partial charge in [0.25, 0.3) is 0 Å². The quantitative estimate of drug-likeness (QED) is 0.874. The summed E-state index contributed by atoms with van der Waals surface area (Å²) in [5, 5.41) is 6.48. The molecule has 4 nitrogen and oxygen atoms in total. The molecule has 1 heterocycles. The molecule has 0 aliphatic carbocycles. The van der Waals surface area contributed by atoms with Crippen LogP contribution in [-0.4, -0.2) is 31.1 Å². The summed E-state index contributed by atoms with van der Waals surface area (Å²) in [6, 6.07) is 6.67. The first-order valence-electron chi connectivity index (χ1n) is 7.79. The number of carbonyl (C=O) groups excluding carboxylic acids is 1. The number of amides is 1. The molecular formula is C17H27ClN2O2. The summed E-state index contributed by atoms with van der Waals surface area (Å²) < 4.78 is 5.70. The van der Waals surface area contributed by atoms with Crippen molar-refractivity contribution in [2.45, 2.75) is 52.1 Å². The SMILES string of the molecule is Cc1ccc(OCCC(=O)NC2CCCNC2C)c(C)c1.Cl. The standard InChI is InChI=1S/C17H26N2O2.ClH/c1-12-6-7-16(13(2)11-12)21-10-8-17(20)19-15-5-4-9-18-14(15)3;/h6-7,11,14-15,18H,4-5,8-10H2,1-3H3,(H,19,20);1H. The Kier molecular flexibility index (Phi) is 7.69. The van der Waals surface area contributed by atoms with E-state index in [-0.39, 0.29) is 24.4 Å². The fraction of sp³-hybridized carbons (Fsp3) is 0.588. The number of aryl methyl sites for hydroxylation is 2. The van der Waals surface area contributed by atoms with Gasteiger partial charge in [0, 0.05) is 12.1 Å². The van der Waals surface area contributed by atoms with Crippen molar-refractivity contribution in [2.24, 2.45) is 0 Å². The van der Waals surface area contributed by atoms with E-state index in [1.807, 2.05) is 19.1 Å². The zero-order chi connectivity index (χ0) is 15.2. The highest BCUT2D eigenvalue weighted by molar-refractivity contribution is 5.85. The molecule has 2 rings (SSSR count). The molecule has 124 valence electrons. The number of hydrogen-bond acceptors (Lipinski definition) is 3. The molecule has 2 atom stereocenters. The number of hydrogen-bond donors (Lipinski definition) is 2. The van der Waals surface area contributed by atoms with Crippen LogP contribution in [0.1, 0.15) is 37.3 Å². The molecule has 1 aliphatic heterocycles. The predicted octanol–water partition coefficient (Wildman–Crippen LogP) is 2.75. The van der Waals surface area contributed by atoms with Gasteiger partial charge in [0.2, 0.25) is 5.91 Å². The maximum Gasteiger partial charge on any atom is 0.223 e. The monoisotopic (exact) mass is 326 g/mol. The number of rotatable bonds is 5. The van der Waals surface area contributed by atoms with Gasteiger partial charge >= 0.3 is 0 Å². The molecular weight excluding hydrogens is 300 g/mol. The van der Waals surface area contributed by atoms with Crippen LogP contribution in [0.3, 0.4) is 0 Å². The highest BCUT2D eigenvalue weighted by atomic mass is 35.5. The van der Waals surface area contributed by atoms with Crippen LogP contribution in [0.15, 0.2) is 18.2 Å². The summed E-state index contributed by atoms with van der Waals surface area (Å²) in [5.74, 6) is 0.932. The van der Waals surface area contributed by atoms with Crippen molar-refractivity contribution < 1.29 is 9.53 Å². The fourth-order valence-corrected chi connectivity index (χ4v) is 2.74. The number of halogens is 1. The molecule has 1 saturated heterocycles. The van der Waals surface area contributed by atoms with Crippen molar-refractivity contribution in [2.75, 3.05) is 13.2 Å². The molecule has 0 saturated carbocycles. The van der Waals surface area contributed by atoms with E-state index >= 15 is 0 Å². The molecule has 1 aromatic rings. The Morgan fingerprint density at radius 2 is 2.18 bits per heavy atom. The summed E-state index contributed by atoms with van der Waals surface area (Å²) in [4.78, 5) is 12.0. The third-order valence-corrected chi connectivity index (χ3v) is 4.03. The lowest BCUT2D eigenvalue weighted by atomic mass is 10.00. The van der Waals surface area contributed by atoms with Crippen molar-refractivity contribution in [3.63, 3.8) is 0 Å². The summed E-state index contributed by atoms with van der Waals surface area (Å²) in [6.07, 6.45) is 2.57. The first-order valence-corrected chi connectivity index (χ1v) is 7.79. The summed E-state index contributed by atoms with van der Waals surface area (Å²) in [7, 11) is 0. The van der Waals surface area contributed by atoms with Crippen LogP contribution in [0, 0.1) is 13.8 Å². The molecule has 1 aromatic carbocycles. The highest BCUT2D eigenvalue weighted by Gasteiger charge is 2.22. The molecule has 1 aliphatic rings. The number of ether oxygens (including phenoxy) is 1. The number of benzene rings is 1. The third kappa shape index (κ3) is 5.50. The van der Waals surface area contributed by atoms with Gasteiger partial charge in [-0.1, -0.05) is 17.7 Å². The first kappa shape index (κ1) is 18.8. The van der Waals surface area contributed by atoms with Gasteiger partial charge in [-0.3, -0.25) is 4.79 Å². The van der Waals surface area contributed by atoms with Crippen molar-refractivity contribution in [3.05, 3.63) is 29.3 Å². The van der Waals surface area contributed by atoms with Gasteiger partial charge in [0.1, 0.15) is 5.75 Å². The van der Waals surface area contributed by atoms with E-state index in [1.165, 1.54) is 5.56 Å². The molecule has 2 N–H and O–H groups in total. The lowest BCUT2D eigenvalue weighted by Gasteiger charge is -2.30. The summed E-state index contributed by atoms with van der Waals surface area (Å²) in [5.41, 5.74) is 2.33. The summed E-state index contributed by atoms with van der Waals surface area (Å²) >= 11 is 0. The van der Waals surface area contributed by atoms with Crippen molar-refractivity contribution in [1.82, 2.24) is 10.6 Å². The average molecular weight is 327 g/mol. The van der Waals surface area contributed by atoms with Crippen LogP contribution in [0.2, 0.25) is 0 Å². The fourth-order valence-electron chi connectivity index (χ4n) is 2.74. The summed E-state index contributed by atoms with van der Waals surface area (Å²) in [6.45, 7) is 7.67. The van der Waals surface area contributed by atoms with E-state index in [0.29, 0.717) is 19.1 Å². The lowest BCUT2D eigenvalue weighted by Crippen LogP contribution is -2.52. The van der Waals surface area contributed by atoms with Gasteiger partial charge in [-0.15, -0.1) is 12.4 Å². The Morgan fingerprint density at radius 3 is 2.86 bits per heavy atom. The predicted molar refractivity (Wildman–Crippen MR) is 91.9 cm³/mol. The zero-order valence-corrected chi connectivity index (χ0v) is 14.5. The van der Waals surface area contributed by atoms with Crippen LogP contribution in [-0.2, 0) is 4.79 Å².